The third kappa shape index (κ3) is 3.12. The van der Waals surface area contributed by atoms with Crippen molar-refractivity contribution >= 4 is 11.9 Å². The zero-order valence-corrected chi connectivity index (χ0v) is 9.53. The molecule has 0 unspecified atom stereocenters. The number of H-pyrrole nitrogens is 1. The van der Waals surface area contributed by atoms with Crippen LogP contribution in [-0.2, 0) is 9.53 Å². The van der Waals surface area contributed by atoms with Crippen LogP contribution in [0.1, 0.15) is 23.8 Å². The molecule has 0 spiro atoms. The number of hydrogen-bond acceptors (Lipinski definition) is 3. The van der Waals surface area contributed by atoms with E-state index in [-0.39, 0.29) is 18.3 Å². The molecule has 88 valence electrons. The monoisotopic (exact) mass is 224 g/mol. The minimum atomic E-state index is -0.308. The largest absolute Gasteiger partial charge is 0.469 e. The molecule has 16 heavy (non-hydrogen) atoms. The SMILES string of the molecule is CCN(CCC(=O)OC)C(=O)c1ccc[nH]1. The lowest BCUT2D eigenvalue weighted by atomic mass is 10.3. The van der Waals surface area contributed by atoms with Crippen molar-refractivity contribution in [3.05, 3.63) is 24.0 Å². The van der Waals surface area contributed by atoms with Crippen LogP contribution in [0.3, 0.4) is 0 Å². The van der Waals surface area contributed by atoms with Gasteiger partial charge < -0.3 is 14.6 Å². The number of carbonyl (C=O) groups excluding carboxylic acids is 2. The van der Waals surface area contributed by atoms with Gasteiger partial charge in [0, 0.05) is 19.3 Å². The Labute approximate surface area is 94.4 Å². The van der Waals surface area contributed by atoms with Crippen molar-refractivity contribution < 1.29 is 14.3 Å². The third-order valence-corrected chi connectivity index (χ3v) is 2.31. The maximum absolute atomic E-state index is 11.9. The Morgan fingerprint density at radius 3 is 2.75 bits per heavy atom. The standard InChI is InChI=1S/C11H16N2O3/c1-3-13(8-6-10(14)16-2)11(15)9-5-4-7-12-9/h4-5,7,12H,3,6,8H2,1-2H3. The van der Waals surface area contributed by atoms with E-state index in [1.165, 1.54) is 7.11 Å². The zero-order valence-electron chi connectivity index (χ0n) is 9.53. The number of esters is 1. The number of aromatic amines is 1. The van der Waals surface area contributed by atoms with Gasteiger partial charge in [0.2, 0.25) is 0 Å². The fourth-order valence-electron chi connectivity index (χ4n) is 1.37. The topological polar surface area (TPSA) is 62.4 Å². The highest BCUT2D eigenvalue weighted by atomic mass is 16.5. The summed E-state index contributed by atoms with van der Waals surface area (Å²) in [6, 6.07) is 3.48. The van der Waals surface area contributed by atoms with Gasteiger partial charge in [-0.1, -0.05) is 0 Å². The van der Waals surface area contributed by atoms with E-state index in [0.29, 0.717) is 18.8 Å². The third-order valence-electron chi connectivity index (χ3n) is 2.31. The van der Waals surface area contributed by atoms with Crippen LogP contribution in [0.4, 0.5) is 0 Å². The smallest absolute Gasteiger partial charge is 0.307 e. The molecular weight excluding hydrogens is 208 g/mol. The number of amides is 1. The molecule has 0 radical (unpaired) electrons. The molecule has 0 aliphatic carbocycles. The first-order chi connectivity index (χ1) is 7.69. The number of ether oxygens (including phenoxy) is 1. The van der Waals surface area contributed by atoms with Gasteiger partial charge in [0.15, 0.2) is 0 Å². The van der Waals surface area contributed by atoms with Gasteiger partial charge in [-0.3, -0.25) is 9.59 Å². The average molecular weight is 224 g/mol. The lowest BCUT2D eigenvalue weighted by molar-refractivity contribution is -0.140. The summed E-state index contributed by atoms with van der Waals surface area (Å²) in [6.07, 6.45) is 1.91. The number of nitrogens with one attached hydrogen (secondary N) is 1. The summed E-state index contributed by atoms with van der Waals surface area (Å²) in [7, 11) is 1.34. The predicted octanol–water partition coefficient (Wildman–Crippen LogP) is 1.04. The van der Waals surface area contributed by atoms with Crippen molar-refractivity contribution in [2.75, 3.05) is 20.2 Å². The molecule has 1 heterocycles. The van der Waals surface area contributed by atoms with Crippen LogP contribution < -0.4 is 0 Å². The van der Waals surface area contributed by atoms with Gasteiger partial charge in [0.25, 0.3) is 5.91 Å². The van der Waals surface area contributed by atoms with Crippen LogP contribution in [0.25, 0.3) is 0 Å². The van der Waals surface area contributed by atoms with E-state index in [2.05, 4.69) is 9.72 Å². The van der Waals surface area contributed by atoms with E-state index in [4.69, 9.17) is 0 Å². The Morgan fingerprint density at radius 2 is 2.25 bits per heavy atom. The lowest BCUT2D eigenvalue weighted by Gasteiger charge is -2.19. The number of hydrogen-bond donors (Lipinski definition) is 1. The molecule has 5 heteroatoms. The molecule has 1 N–H and O–H groups in total. The first-order valence-corrected chi connectivity index (χ1v) is 5.18. The number of nitrogens with zero attached hydrogens (tertiary/aromatic N) is 1. The maximum Gasteiger partial charge on any atom is 0.307 e. The maximum atomic E-state index is 11.9. The molecule has 0 aliphatic rings. The summed E-state index contributed by atoms with van der Waals surface area (Å²) in [5.74, 6) is -0.408. The Balaban J connectivity index is 2.54. The molecule has 0 bridgehead atoms. The van der Waals surface area contributed by atoms with Gasteiger partial charge in [-0.15, -0.1) is 0 Å². The fraction of sp³-hybridized carbons (Fsp3) is 0.455. The predicted molar refractivity (Wildman–Crippen MR) is 59.0 cm³/mol. The summed E-state index contributed by atoms with van der Waals surface area (Å²) in [6.45, 7) is 2.81. The van der Waals surface area contributed by atoms with Gasteiger partial charge in [0.05, 0.1) is 13.5 Å². The van der Waals surface area contributed by atoms with Crippen LogP contribution in [-0.4, -0.2) is 42.0 Å². The molecule has 0 aliphatic heterocycles. The quantitative estimate of drug-likeness (QED) is 0.760. The van der Waals surface area contributed by atoms with Gasteiger partial charge in [-0.05, 0) is 19.1 Å². The number of methoxy groups -OCH3 is 1. The molecule has 1 aromatic rings. The Morgan fingerprint density at radius 1 is 1.50 bits per heavy atom. The molecule has 0 saturated carbocycles. The normalized spacial score (nSPS) is 9.88. The van der Waals surface area contributed by atoms with E-state index >= 15 is 0 Å². The van der Waals surface area contributed by atoms with Crippen molar-refractivity contribution in [1.82, 2.24) is 9.88 Å². The van der Waals surface area contributed by atoms with Gasteiger partial charge >= 0.3 is 5.97 Å². The van der Waals surface area contributed by atoms with Crippen molar-refractivity contribution in [1.29, 1.82) is 0 Å². The number of carbonyl (C=O) groups is 2. The molecule has 1 rings (SSSR count). The Kier molecular flexibility index (Phi) is 4.57. The molecule has 0 fully saturated rings. The van der Waals surface area contributed by atoms with Crippen molar-refractivity contribution in [3.8, 4) is 0 Å². The first-order valence-electron chi connectivity index (χ1n) is 5.18. The van der Waals surface area contributed by atoms with Crippen LogP contribution in [0.15, 0.2) is 18.3 Å². The fourth-order valence-corrected chi connectivity index (χ4v) is 1.37. The van der Waals surface area contributed by atoms with Crippen molar-refractivity contribution in [2.45, 2.75) is 13.3 Å². The Hall–Kier alpha value is -1.78. The highest BCUT2D eigenvalue weighted by Crippen LogP contribution is 2.03. The highest BCUT2D eigenvalue weighted by Gasteiger charge is 2.15. The van der Waals surface area contributed by atoms with Gasteiger partial charge in [0.1, 0.15) is 5.69 Å². The minimum absolute atomic E-state index is 0.101. The molecule has 0 saturated heterocycles. The highest BCUT2D eigenvalue weighted by molar-refractivity contribution is 5.92. The molecule has 0 atom stereocenters. The summed E-state index contributed by atoms with van der Waals surface area (Å²) < 4.78 is 4.53. The van der Waals surface area contributed by atoms with E-state index in [1.807, 2.05) is 6.92 Å². The molecule has 0 aromatic carbocycles. The summed E-state index contributed by atoms with van der Waals surface area (Å²) >= 11 is 0. The first kappa shape index (κ1) is 12.3. The number of aromatic nitrogens is 1. The summed E-state index contributed by atoms with van der Waals surface area (Å²) in [4.78, 5) is 27.3. The zero-order chi connectivity index (χ0) is 12.0. The second-order valence-corrected chi connectivity index (χ2v) is 3.29. The van der Waals surface area contributed by atoms with Crippen LogP contribution in [0.5, 0.6) is 0 Å². The summed E-state index contributed by atoms with van der Waals surface area (Å²) in [5.41, 5.74) is 0.534. The van der Waals surface area contributed by atoms with E-state index in [9.17, 15) is 9.59 Å². The lowest BCUT2D eigenvalue weighted by Crippen LogP contribution is -2.33. The molecule has 5 nitrogen and oxygen atoms in total. The van der Waals surface area contributed by atoms with E-state index < -0.39 is 0 Å². The second-order valence-electron chi connectivity index (χ2n) is 3.29. The number of rotatable bonds is 5. The molecule has 1 aromatic heterocycles. The second kappa shape index (κ2) is 5.95. The minimum Gasteiger partial charge on any atom is -0.469 e. The van der Waals surface area contributed by atoms with Gasteiger partial charge in [-0.2, -0.15) is 0 Å². The van der Waals surface area contributed by atoms with Gasteiger partial charge in [-0.25, -0.2) is 0 Å². The van der Waals surface area contributed by atoms with Crippen molar-refractivity contribution in [2.24, 2.45) is 0 Å². The van der Waals surface area contributed by atoms with Crippen molar-refractivity contribution in [3.63, 3.8) is 0 Å². The van der Waals surface area contributed by atoms with Crippen LogP contribution in [0.2, 0.25) is 0 Å². The average Bonchev–Trinajstić information content (AvgIpc) is 2.82. The molecular formula is C11H16N2O3. The Bertz CT molecular complexity index is 346. The van der Waals surface area contributed by atoms with Crippen LogP contribution in [0, 0.1) is 0 Å². The van der Waals surface area contributed by atoms with E-state index in [0.717, 1.165) is 0 Å². The summed E-state index contributed by atoms with van der Waals surface area (Å²) in [5, 5.41) is 0. The molecule has 1 amide bonds. The van der Waals surface area contributed by atoms with Crippen LogP contribution >= 0.6 is 0 Å². The van der Waals surface area contributed by atoms with E-state index in [1.54, 1.807) is 23.2 Å².